The molecule has 0 radical (unpaired) electrons. The molecule has 0 bridgehead atoms. The second-order valence-corrected chi connectivity index (χ2v) is 6.84. The van der Waals surface area contributed by atoms with Crippen LogP contribution in [0.2, 0.25) is 0 Å². The maximum atomic E-state index is 5.53. The Bertz CT molecular complexity index is 821. The predicted molar refractivity (Wildman–Crippen MR) is 91.1 cm³/mol. The Hall–Kier alpha value is -1.94. The van der Waals surface area contributed by atoms with Crippen molar-refractivity contribution in [3.05, 3.63) is 29.5 Å². The van der Waals surface area contributed by atoms with Crippen LogP contribution in [0.3, 0.4) is 0 Å². The van der Waals surface area contributed by atoms with E-state index in [0.717, 1.165) is 17.9 Å². The lowest BCUT2D eigenvalue weighted by molar-refractivity contribution is 0.0982. The third-order valence-electron chi connectivity index (χ3n) is 5.85. The van der Waals surface area contributed by atoms with Gasteiger partial charge in [-0.2, -0.15) is 0 Å². The zero-order valence-electron chi connectivity index (χ0n) is 13.7. The van der Waals surface area contributed by atoms with E-state index < -0.39 is 0 Å². The highest BCUT2D eigenvalue weighted by Crippen LogP contribution is 2.48. The van der Waals surface area contributed by atoms with Gasteiger partial charge in [0.2, 0.25) is 0 Å². The van der Waals surface area contributed by atoms with E-state index in [1.165, 1.54) is 48.1 Å². The molecule has 0 spiro atoms. The highest BCUT2D eigenvalue weighted by Gasteiger charge is 2.40. The zero-order valence-corrected chi connectivity index (χ0v) is 13.7. The SMILES string of the molecule is COc1cc2c3c4n(c2cc1OC)C=C[C@H]1CCCN(CC3)[C@@H]41. The summed E-state index contributed by atoms with van der Waals surface area (Å²) in [6, 6.07) is 4.85. The molecule has 0 unspecified atom stereocenters. The van der Waals surface area contributed by atoms with Gasteiger partial charge in [-0.25, -0.2) is 0 Å². The first-order chi connectivity index (χ1) is 11.3. The summed E-state index contributed by atoms with van der Waals surface area (Å²) in [6.45, 7) is 2.41. The fraction of sp³-hybridized carbons (Fsp3) is 0.474. The number of fused-ring (bicyclic) bond motifs is 3. The Labute approximate surface area is 136 Å². The second kappa shape index (κ2) is 4.78. The molecule has 1 aromatic carbocycles. The molecule has 0 N–H and O–H groups in total. The molecular weight excluding hydrogens is 288 g/mol. The number of piperidine rings is 1. The lowest BCUT2D eigenvalue weighted by Crippen LogP contribution is -2.44. The van der Waals surface area contributed by atoms with Crippen LogP contribution >= 0.6 is 0 Å². The van der Waals surface area contributed by atoms with Crippen molar-refractivity contribution in [1.82, 2.24) is 9.47 Å². The molecule has 4 nitrogen and oxygen atoms in total. The number of benzene rings is 1. The summed E-state index contributed by atoms with van der Waals surface area (Å²) in [7, 11) is 3.42. The molecule has 0 saturated carbocycles. The average Bonchev–Trinajstić information content (AvgIpc) is 2.93. The van der Waals surface area contributed by atoms with E-state index >= 15 is 0 Å². The van der Waals surface area contributed by atoms with Crippen LogP contribution in [0.5, 0.6) is 11.5 Å². The third kappa shape index (κ3) is 1.70. The van der Waals surface area contributed by atoms with Gasteiger partial charge >= 0.3 is 0 Å². The van der Waals surface area contributed by atoms with Crippen molar-refractivity contribution < 1.29 is 9.47 Å². The van der Waals surface area contributed by atoms with Gasteiger partial charge in [0.05, 0.1) is 25.8 Å². The summed E-state index contributed by atoms with van der Waals surface area (Å²) in [4.78, 5) is 2.68. The van der Waals surface area contributed by atoms with Gasteiger partial charge in [-0.05, 0) is 43.4 Å². The summed E-state index contributed by atoms with van der Waals surface area (Å²) in [5, 5.41) is 1.33. The molecule has 1 fully saturated rings. The first kappa shape index (κ1) is 13.5. The van der Waals surface area contributed by atoms with Crippen molar-refractivity contribution in [1.29, 1.82) is 0 Å². The van der Waals surface area contributed by atoms with Crippen molar-refractivity contribution in [3.63, 3.8) is 0 Å². The summed E-state index contributed by atoms with van der Waals surface area (Å²) in [6.07, 6.45) is 8.46. The van der Waals surface area contributed by atoms with Crippen molar-refractivity contribution in [2.45, 2.75) is 25.3 Å². The second-order valence-electron chi connectivity index (χ2n) is 6.84. The number of hydrogen-bond donors (Lipinski definition) is 0. The summed E-state index contributed by atoms with van der Waals surface area (Å²) in [5.41, 5.74) is 4.27. The first-order valence-corrected chi connectivity index (χ1v) is 8.53. The molecular formula is C19H22N2O2. The number of hydrogen-bond acceptors (Lipinski definition) is 3. The van der Waals surface area contributed by atoms with Crippen molar-refractivity contribution >= 4 is 17.1 Å². The van der Waals surface area contributed by atoms with Crippen LogP contribution in [-0.4, -0.2) is 36.8 Å². The monoisotopic (exact) mass is 310 g/mol. The molecule has 0 aliphatic carbocycles. The minimum atomic E-state index is 0.557. The van der Waals surface area contributed by atoms with Gasteiger partial charge in [0.1, 0.15) is 0 Å². The van der Waals surface area contributed by atoms with E-state index in [1.54, 1.807) is 14.2 Å². The van der Waals surface area contributed by atoms with Crippen LogP contribution in [0.4, 0.5) is 0 Å². The van der Waals surface area contributed by atoms with Crippen LogP contribution in [0.1, 0.15) is 30.1 Å². The molecule has 1 saturated heterocycles. The summed E-state index contributed by atoms with van der Waals surface area (Å²) in [5.74, 6) is 2.30. The predicted octanol–water partition coefficient (Wildman–Crippen LogP) is 3.45. The largest absolute Gasteiger partial charge is 0.493 e. The van der Waals surface area contributed by atoms with Crippen molar-refractivity contribution in [2.75, 3.05) is 27.3 Å². The standard InChI is InChI=1S/C19H22N2O2/c1-22-16-10-14-13-6-8-20-7-3-4-12-5-9-21(19(13)18(12)20)15(14)11-17(16)23-2/h5,9-12,18H,3-4,6-8H2,1-2H3/t12-,18-/m1/s1. The van der Waals surface area contributed by atoms with E-state index in [0.29, 0.717) is 12.0 Å². The molecule has 0 amide bonds. The number of methoxy groups -OCH3 is 2. The molecule has 23 heavy (non-hydrogen) atoms. The number of ether oxygens (including phenoxy) is 2. The van der Waals surface area contributed by atoms with Crippen molar-refractivity contribution in [2.24, 2.45) is 5.92 Å². The van der Waals surface area contributed by atoms with Crippen LogP contribution in [-0.2, 0) is 6.42 Å². The molecule has 3 aliphatic heterocycles. The van der Waals surface area contributed by atoms with Gasteiger partial charge in [-0.15, -0.1) is 0 Å². The minimum absolute atomic E-state index is 0.557. The normalized spacial score (nSPS) is 25.5. The van der Waals surface area contributed by atoms with Gasteiger partial charge in [0.25, 0.3) is 0 Å². The highest BCUT2D eigenvalue weighted by molar-refractivity contribution is 5.91. The molecule has 2 atom stereocenters. The van der Waals surface area contributed by atoms with E-state index in [4.69, 9.17) is 9.47 Å². The fourth-order valence-corrected chi connectivity index (χ4v) is 4.84. The van der Waals surface area contributed by atoms with Gasteiger partial charge in [0, 0.05) is 29.9 Å². The minimum Gasteiger partial charge on any atom is -0.493 e. The Morgan fingerprint density at radius 1 is 1.09 bits per heavy atom. The Morgan fingerprint density at radius 3 is 2.74 bits per heavy atom. The molecule has 4 heteroatoms. The summed E-state index contributed by atoms with van der Waals surface area (Å²) < 4.78 is 13.4. The van der Waals surface area contributed by atoms with E-state index in [2.05, 4.69) is 33.9 Å². The maximum Gasteiger partial charge on any atom is 0.162 e. The molecule has 2 aromatic rings. The van der Waals surface area contributed by atoms with Gasteiger partial charge in [-0.1, -0.05) is 6.08 Å². The van der Waals surface area contributed by atoms with Crippen molar-refractivity contribution in [3.8, 4) is 11.5 Å². The summed E-state index contributed by atoms with van der Waals surface area (Å²) >= 11 is 0. The average molecular weight is 310 g/mol. The fourth-order valence-electron chi connectivity index (χ4n) is 4.84. The Balaban J connectivity index is 1.81. The van der Waals surface area contributed by atoms with Gasteiger partial charge in [-0.3, -0.25) is 4.90 Å². The number of rotatable bonds is 2. The van der Waals surface area contributed by atoms with Crippen LogP contribution in [0.15, 0.2) is 18.2 Å². The van der Waals surface area contributed by atoms with Crippen LogP contribution in [0, 0.1) is 5.92 Å². The smallest absolute Gasteiger partial charge is 0.162 e. The molecule has 5 rings (SSSR count). The Morgan fingerprint density at radius 2 is 1.91 bits per heavy atom. The Kier molecular flexibility index (Phi) is 2.80. The molecule has 120 valence electrons. The van der Waals surface area contributed by atoms with Crippen LogP contribution in [0.25, 0.3) is 17.1 Å². The van der Waals surface area contributed by atoms with E-state index in [-0.39, 0.29) is 0 Å². The van der Waals surface area contributed by atoms with E-state index in [1.807, 2.05) is 0 Å². The van der Waals surface area contributed by atoms with E-state index in [9.17, 15) is 0 Å². The van der Waals surface area contributed by atoms with Gasteiger partial charge < -0.3 is 14.0 Å². The molecule has 4 heterocycles. The zero-order chi connectivity index (χ0) is 15.6. The first-order valence-electron chi connectivity index (χ1n) is 8.53. The number of aromatic nitrogens is 1. The quantitative estimate of drug-likeness (QED) is 0.850. The molecule has 1 aromatic heterocycles. The topological polar surface area (TPSA) is 26.6 Å². The maximum absolute atomic E-state index is 5.53. The third-order valence-corrected chi connectivity index (χ3v) is 5.85. The lowest BCUT2D eigenvalue weighted by Gasteiger charge is -2.45. The van der Waals surface area contributed by atoms with Gasteiger partial charge in [0.15, 0.2) is 11.5 Å². The highest BCUT2D eigenvalue weighted by atomic mass is 16.5. The molecule has 3 aliphatic rings. The van der Waals surface area contributed by atoms with Crippen LogP contribution < -0.4 is 9.47 Å². The lowest BCUT2D eigenvalue weighted by atomic mass is 9.81. The number of nitrogens with zero attached hydrogens (tertiary/aromatic N) is 2.